The Bertz CT molecular complexity index is 245. The van der Waals surface area contributed by atoms with Crippen molar-refractivity contribution < 1.29 is 4.74 Å². The van der Waals surface area contributed by atoms with Crippen molar-refractivity contribution in [2.75, 3.05) is 13.1 Å². The third kappa shape index (κ3) is 3.96. The summed E-state index contributed by atoms with van der Waals surface area (Å²) in [7, 11) is 0. The van der Waals surface area contributed by atoms with Gasteiger partial charge >= 0.3 is 0 Å². The second-order valence-electron chi connectivity index (χ2n) is 7.08. The zero-order chi connectivity index (χ0) is 13.0. The molecule has 2 unspecified atom stereocenters. The summed E-state index contributed by atoms with van der Waals surface area (Å²) in [6.07, 6.45) is 10.6. The maximum Gasteiger partial charge on any atom is 0.0704 e. The lowest BCUT2D eigenvalue weighted by atomic mass is 9.78. The average Bonchev–Trinajstić information content (AvgIpc) is 2.88. The molecule has 0 bridgehead atoms. The lowest BCUT2D eigenvalue weighted by Crippen LogP contribution is -2.37. The third-order valence-corrected chi connectivity index (χ3v) is 4.70. The van der Waals surface area contributed by atoms with Crippen molar-refractivity contribution in [1.29, 1.82) is 0 Å². The maximum atomic E-state index is 5.88. The van der Waals surface area contributed by atoms with Crippen LogP contribution in [0.2, 0.25) is 0 Å². The van der Waals surface area contributed by atoms with Crippen molar-refractivity contribution in [1.82, 2.24) is 5.32 Å². The monoisotopic (exact) mass is 253 g/mol. The topological polar surface area (TPSA) is 21.3 Å². The normalized spacial score (nSPS) is 31.3. The fourth-order valence-electron chi connectivity index (χ4n) is 3.98. The van der Waals surface area contributed by atoms with Crippen molar-refractivity contribution in [2.24, 2.45) is 11.3 Å². The summed E-state index contributed by atoms with van der Waals surface area (Å²) in [5, 5.41) is 3.71. The van der Waals surface area contributed by atoms with Crippen LogP contribution in [-0.4, -0.2) is 25.3 Å². The molecular weight excluding hydrogens is 222 g/mol. The van der Waals surface area contributed by atoms with Gasteiger partial charge in [0.1, 0.15) is 0 Å². The molecule has 0 spiro atoms. The highest BCUT2D eigenvalue weighted by Gasteiger charge is 2.34. The Morgan fingerprint density at radius 1 is 1.22 bits per heavy atom. The van der Waals surface area contributed by atoms with Gasteiger partial charge in [-0.2, -0.15) is 0 Å². The van der Waals surface area contributed by atoms with Crippen molar-refractivity contribution >= 4 is 0 Å². The molecule has 2 aliphatic rings. The van der Waals surface area contributed by atoms with Crippen LogP contribution in [0.15, 0.2) is 0 Å². The molecule has 2 rings (SSSR count). The highest BCUT2D eigenvalue weighted by Crippen LogP contribution is 2.42. The number of nitrogens with one attached hydrogen (secondary N) is 1. The van der Waals surface area contributed by atoms with Crippen LogP contribution in [0.25, 0.3) is 0 Å². The van der Waals surface area contributed by atoms with Crippen molar-refractivity contribution in [3.05, 3.63) is 0 Å². The van der Waals surface area contributed by atoms with Gasteiger partial charge in [-0.15, -0.1) is 0 Å². The molecule has 106 valence electrons. The van der Waals surface area contributed by atoms with E-state index in [-0.39, 0.29) is 0 Å². The molecule has 0 aromatic rings. The Labute approximate surface area is 113 Å². The molecule has 1 heterocycles. The first-order valence-electron chi connectivity index (χ1n) is 7.96. The second kappa shape index (κ2) is 6.38. The van der Waals surface area contributed by atoms with E-state index in [1.54, 1.807) is 0 Å². The minimum Gasteiger partial charge on any atom is -0.374 e. The van der Waals surface area contributed by atoms with Crippen molar-refractivity contribution in [2.45, 2.75) is 77.9 Å². The van der Waals surface area contributed by atoms with E-state index in [4.69, 9.17) is 4.74 Å². The van der Waals surface area contributed by atoms with Gasteiger partial charge in [0.2, 0.25) is 0 Å². The maximum absolute atomic E-state index is 5.88. The molecule has 18 heavy (non-hydrogen) atoms. The smallest absolute Gasteiger partial charge is 0.0704 e. The van der Waals surface area contributed by atoms with Crippen molar-refractivity contribution in [3.63, 3.8) is 0 Å². The van der Waals surface area contributed by atoms with Crippen LogP contribution in [0.4, 0.5) is 0 Å². The van der Waals surface area contributed by atoms with Crippen LogP contribution in [-0.2, 0) is 4.74 Å². The molecule has 0 radical (unpaired) electrons. The summed E-state index contributed by atoms with van der Waals surface area (Å²) in [6, 6.07) is 0. The number of hydrogen-bond donors (Lipinski definition) is 1. The molecule has 2 nitrogen and oxygen atoms in total. The first kappa shape index (κ1) is 14.3. The molecule has 2 atom stereocenters. The zero-order valence-corrected chi connectivity index (χ0v) is 12.5. The molecule has 0 aromatic heterocycles. The largest absolute Gasteiger partial charge is 0.374 e. The molecule has 1 saturated carbocycles. The van der Waals surface area contributed by atoms with Gasteiger partial charge in [0.25, 0.3) is 0 Å². The quantitative estimate of drug-likeness (QED) is 0.778. The summed E-state index contributed by atoms with van der Waals surface area (Å²) in [5.74, 6) is 0.827. The standard InChI is InChI=1S/C16H31NO/c1-13(2)10-16(8-4-5-9-16)12-17-11-15-7-6-14(3)18-15/h13-15,17H,4-12H2,1-3H3. The molecule has 1 saturated heterocycles. The van der Waals surface area contributed by atoms with Gasteiger partial charge in [-0.25, -0.2) is 0 Å². The Morgan fingerprint density at radius 2 is 1.94 bits per heavy atom. The number of rotatable bonds is 6. The number of hydrogen-bond acceptors (Lipinski definition) is 2. The number of ether oxygens (including phenoxy) is 1. The van der Waals surface area contributed by atoms with Crippen molar-refractivity contribution in [3.8, 4) is 0 Å². The predicted molar refractivity (Wildman–Crippen MR) is 76.8 cm³/mol. The fraction of sp³-hybridized carbons (Fsp3) is 1.00. The Hall–Kier alpha value is -0.0800. The Balaban J connectivity index is 1.72. The van der Waals surface area contributed by atoms with Gasteiger partial charge in [0, 0.05) is 13.1 Å². The molecule has 1 aliphatic heterocycles. The fourth-order valence-corrected chi connectivity index (χ4v) is 3.98. The Kier molecular flexibility index (Phi) is 5.08. The molecular formula is C16H31NO. The van der Waals surface area contributed by atoms with E-state index in [2.05, 4.69) is 26.1 Å². The lowest BCUT2D eigenvalue weighted by Gasteiger charge is -2.31. The molecule has 2 heteroatoms. The van der Waals surface area contributed by atoms with Crippen LogP contribution >= 0.6 is 0 Å². The molecule has 0 aromatic carbocycles. The van der Waals surface area contributed by atoms with E-state index >= 15 is 0 Å². The Morgan fingerprint density at radius 3 is 2.50 bits per heavy atom. The SMILES string of the molecule is CC(C)CC1(CNCC2CCC(C)O2)CCCC1. The van der Waals surface area contributed by atoms with Crippen LogP contribution < -0.4 is 5.32 Å². The first-order valence-corrected chi connectivity index (χ1v) is 7.96. The molecule has 1 N–H and O–H groups in total. The van der Waals surface area contributed by atoms with E-state index < -0.39 is 0 Å². The van der Waals surface area contributed by atoms with Gasteiger partial charge in [-0.3, -0.25) is 0 Å². The molecule has 2 fully saturated rings. The second-order valence-corrected chi connectivity index (χ2v) is 7.08. The van der Waals surface area contributed by atoms with Crippen LogP contribution in [0.3, 0.4) is 0 Å². The highest BCUT2D eigenvalue weighted by molar-refractivity contribution is 4.88. The van der Waals surface area contributed by atoms with Crippen LogP contribution in [0.5, 0.6) is 0 Å². The van der Waals surface area contributed by atoms with E-state index in [0.717, 1.165) is 12.5 Å². The first-order chi connectivity index (χ1) is 8.60. The highest BCUT2D eigenvalue weighted by atomic mass is 16.5. The summed E-state index contributed by atoms with van der Waals surface area (Å²) >= 11 is 0. The van der Waals surface area contributed by atoms with Crippen LogP contribution in [0, 0.1) is 11.3 Å². The summed E-state index contributed by atoms with van der Waals surface area (Å²) < 4.78 is 5.88. The summed E-state index contributed by atoms with van der Waals surface area (Å²) in [6.45, 7) is 9.19. The molecule has 1 aliphatic carbocycles. The van der Waals surface area contributed by atoms with E-state index in [1.165, 1.54) is 51.5 Å². The summed E-state index contributed by atoms with van der Waals surface area (Å²) in [5.41, 5.74) is 0.596. The minimum absolute atomic E-state index is 0.470. The van der Waals surface area contributed by atoms with E-state index in [9.17, 15) is 0 Å². The van der Waals surface area contributed by atoms with Crippen LogP contribution in [0.1, 0.15) is 65.7 Å². The van der Waals surface area contributed by atoms with Gasteiger partial charge in [-0.1, -0.05) is 26.7 Å². The minimum atomic E-state index is 0.470. The van der Waals surface area contributed by atoms with Gasteiger partial charge < -0.3 is 10.1 Å². The van der Waals surface area contributed by atoms with Gasteiger partial charge in [0.15, 0.2) is 0 Å². The zero-order valence-electron chi connectivity index (χ0n) is 12.5. The van der Waals surface area contributed by atoms with Gasteiger partial charge in [0.05, 0.1) is 12.2 Å². The lowest BCUT2D eigenvalue weighted by molar-refractivity contribution is 0.0535. The van der Waals surface area contributed by atoms with Gasteiger partial charge in [-0.05, 0) is 50.4 Å². The molecule has 0 amide bonds. The predicted octanol–water partition coefficient (Wildman–Crippen LogP) is 3.75. The summed E-state index contributed by atoms with van der Waals surface area (Å²) in [4.78, 5) is 0. The average molecular weight is 253 g/mol. The van der Waals surface area contributed by atoms with E-state index in [1.807, 2.05) is 0 Å². The van der Waals surface area contributed by atoms with E-state index in [0.29, 0.717) is 17.6 Å². The third-order valence-electron chi connectivity index (χ3n) is 4.70.